The van der Waals surface area contributed by atoms with E-state index in [0.717, 1.165) is 0 Å². The SMILES string of the molecule is [C-]#[N+]/C(C#N)=C1\C(Cl)=CC(=Nc2cc(Cl)c(O)c(Cl)c2)c2ccccc21. The number of fused-ring (bicyclic) bond motifs is 1. The normalized spacial score (nSPS) is 16.3. The monoisotopic (exact) mass is 399 g/mol. The highest BCUT2D eigenvalue weighted by atomic mass is 35.5. The van der Waals surface area contributed by atoms with E-state index >= 15 is 0 Å². The number of rotatable bonds is 1. The van der Waals surface area contributed by atoms with Gasteiger partial charge in [0, 0.05) is 16.2 Å². The summed E-state index contributed by atoms with van der Waals surface area (Å²) >= 11 is 18.2. The molecule has 0 aliphatic heterocycles. The van der Waals surface area contributed by atoms with E-state index in [-0.39, 0.29) is 26.5 Å². The van der Waals surface area contributed by atoms with Crippen molar-refractivity contribution in [2.24, 2.45) is 4.99 Å². The molecule has 1 N–H and O–H groups in total. The van der Waals surface area contributed by atoms with Gasteiger partial charge in [0.05, 0.1) is 34.1 Å². The molecule has 2 aromatic carbocycles. The van der Waals surface area contributed by atoms with Crippen molar-refractivity contribution in [3.63, 3.8) is 0 Å². The van der Waals surface area contributed by atoms with Crippen molar-refractivity contribution < 1.29 is 5.11 Å². The largest absolute Gasteiger partial charge is 0.505 e. The van der Waals surface area contributed by atoms with Gasteiger partial charge in [-0.2, -0.15) is 0 Å². The minimum Gasteiger partial charge on any atom is -0.505 e. The molecule has 2 aromatic rings. The highest BCUT2D eigenvalue weighted by Crippen LogP contribution is 2.39. The summed E-state index contributed by atoms with van der Waals surface area (Å²) in [5.74, 6) is -0.212. The molecule has 26 heavy (non-hydrogen) atoms. The molecule has 0 saturated carbocycles. The minimum atomic E-state index is -0.212. The van der Waals surface area contributed by atoms with E-state index in [1.54, 1.807) is 18.2 Å². The van der Waals surface area contributed by atoms with Crippen LogP contribution in [0, 0.1) is 17.9 Å². The zero-order chi connectivity index (χ0) is 18.8. The van der Waals surface area contributed by atoms with Crippen LogP contribution in [0.4, 0.5) is 5.69 Å². The first-order chi connectivity index (χ1) is 12.5. The van der Waals surface area contributed by atoms with Crippen molar-refractivity contribution in [2.75, 3.05) is 0 Å². The van der Waals surface area contributed by atoms with E-state index in [1.807, 2.05) is 18.2 Å². The number of halogens is 3. The number of allylic oxidation sites excluding steroid dienone is 4. The molecule has 126 valence electrons. The Labute approximate surface area is 164 Å². The molecule has 0 radical (unpaired) electrons. The number of phenols is 1. The van der Waals surface area contributed by atoms with Crippen molar-refractivity contribution in [1.82, 2.24) is 0 Å². The molecule has 0 unspecified atom stereocenters. The molecule has 0 saturated heterocycles. The van der Waals surface area contributed by atoms with Crippen molar-refractivity contribution in [3.05, 3.63) is 85.8 Å². The fourth-order valence-corrected chi connectivity index (χ4v) is 3.32. The Morgan fingerprint density at radius 3 is 2.31 bits per heavy atom. The van der Waals surface area contributed by atoms with Gasteiger partial charge in [0.1, 0.15) is 0 Å². The second-order valence-electron chi connectivity index (χ2n) is 5.24. The van der Waals surface area contributed by atoms with Crippen LogP contribution in [0.1, 0.15) is 11.1 Å². The standard InChI is InChI=1S/C19H8Cl3N3O/c1-24-17(9-23)18-12-5-3-2-4-11(12)16(8-13(18)20)25-10-6-14(21)19(26)15(22)7-10/h2-8,26H/b18-17-,25-16?. The number of hydrogen-bond acceptors (Lipinski definition) is 3. The highest BCUT2D eigenvalue weighted by Gasteiger charge is 2.23. The lowest BCUT2D eigenvalue weighted by atomic mass is 9.90. The fraction of sp³-hybridized carbons (Fsp3) is 0. The molecular weight excluding hydrogens is 393 g/mol. The molecule has 1 aliphatic rings. The van der Waals surface area contributed by atoms with Crippen LogP contribution in [-0.2, 0) is 0 Å². The van der Waals surface area contributed by atoms with Crippen molar-refractivity contribution in [1.29, 1.82) is 5.26 Å². The molecule has 0 atom stereocenters. The van der Waals surface area contributed by atoms with Crippen LogP contribution in [0.2, 0.25) is 10.0 Å². The Kier molecular flexibility index (Phi) is 5.02. The van der Waals surface area contributed by atoms with Crippen LogP contribution in [0.25, 0.3) is 10.4 Å². The molecule has 0 amide bonds. The maximum atomic E-state index is 9.68. The zero-order valence-corrected chi connectivity index (χ0v) is 15.2. The molecule has 0 spiro atoms. The minimum absolute atomic E-state index is 0.0800. The quantitative estimate of drug-likeness (QED) is 0.463. The van der Waals surface area contributed by atoms with Crippen LogP contribution in [0.5, 0.6) is 5.75 Å². The summed E-state index contributed by atoms with van der Waals surface area (Å²) in [5, 5.41) is 19.3. The average molecular weight is 401 g/mol. The summed E-state index contributed by atoms with van der Waals surface area (Å²) < 4.78 is 0. The zero-order valence-electron chi connectivity index (χ0n) is 13.0. The first kappa shape index (κ1) is 18.0. The maximum absolute atomic E-state index is 9.68. The van der Waals surface area contributed by atoms with E-state index in [0.29, 0.717) is 28.1 Å². The lowest BCUT2D eigenvalue weighted by Gasteiger charge is -2.19. The Hall–Kier alpha value is -2.76. The molecule has 7 heteroatoms. The first-order valence-electron chi connectivity index (χ1n) is 7.22. The second kappa shape index (κ2) is 7.23. The van der Waals surface area contributed by atoms with Crippen LogP contribution in [0.15, 0.2) is 58.2 Å². The Bertz CT molecular complexity index is 1060. The summed E-state index contributed by atoms with van der Waals surface area (Å²) in [6.45, 7) is 7.20. The van der Waals surface area contributed by atoms with Crippen molar-refractivity contribution >= 4 is 51.8 Å². The summed E-state index contributed by atoms with van der Waals surface area (Å²) in [7, 11) is 0. The van der Waals surface area contributed by atoms with E-state index in [9.17, 15) is 10.4 Å². The summed E-state index contributed by atoms with van der Waals surface area (Å²) in [5.41, 5.74) is 2.59. The molecule has 0 heterocycles. The average Bonchev–Trinajstić information content (AvgIpc) is 2.63. The molecule has 0 aromatic heterocycles. The molecule has 3 rings (SSSR count). The van der Waals surface area contributed by atoms with Gasteiger partial charge in [-0.3, -0.25) is 0 Å². The van der Waals surface area contributed by atoms with Crippen LogP contribution in [0.3, 0.4) is 0 Å². The number of nitrogens with zero attached hydrogens (tertiary/aromatic N) is 3. The van der Waals surface area contributed by atoms with E-state index in [4.69, 9.17) is 41.4 Å². The van der Waals surface area contributed by atoms with Crippen LogP contribution < -0.4 is 0 Å². The van der Waals surface area contributed by atoms with E-state index in [2.05, 4.69) is 9.84 Å². The Balaban J connectivity index is 2.25. The number of benzene rings is 2. The lowest BCUT2D eigenvalue weighted by Crippen LogP contribution is -2.09. The van der Waals surface area contributed by atoms with Crippen LogP contribution in [-0.4, -0.2) is 10.8 Å². The van der Waals surface area contributed by atoms with Gasteiger partial charge >= 0.3 is 0 Å². The molecule has 0 bridgehead atoms. The smallest absolute Gasteiger partial charge is 0.271 e. The predicted octanol–water partition coefficient (Wildman–Crippen LogP) is 6.11. The lowest BCUT2D eigenvalue weighted by molar-refractivity contribution is 0.476. The maximum Gasteiger partial charge on any atom is 0.271 e. The van der Waals surface area contributed by atoms with E-state index in [1.165, 1.54) is 12.1 Å². The van der Waals surface area contributed by atoms with Gasteiger partial charge < -0.3 is 5.11 Å². The van der Waals surface area contributed by atoms with E-state index < -0.39 is 0 Å². The fourth-order valence-electron chi connectivity index (χ4n) is 2.55. The molecule has 0 fully saturated rings. The van der Waals surface area contributed by atoms with Crippen molar-refractivity contribution in [2.45, 2.75) is 0 Å². The first-order valence-corrected chi connectivity index (χ1v) is 8.35. The van der Waals surface area contributed by atoms with Gasteiger partial charge in [-0.15, -0.1) is 0 Å². The van der Waals surface area contributed by atoms with Gasteiger partial charge in [0.2, 0.25) is 0 Å². The third-order valence-electron chi connectivity index (χ3n) is 3.68. The van der Waals surface area contributed by atoms with Gasteiger partial charge in [0.25, 0.3) is 5.70 Å². The van der Waals surface area contributed by atoms with Crippen LogP contribution >= 0.6 is 34.8 Å². The van der Waals surface area contributed by atoms with Gasteiger partial charge in [-0.05, 0) is 23.8 Å². The molecule has 1 aliphatic carbocycles. The van der Waals surface area contributed by atoms with Gasteiger partial charge in [-0.25, -0.2) is 15.1 Å². The number of phenolic OH excluding ortho intramolecular Hbond substituents is 1. The third kappa shape index (κ3) is 3.19. The summed E-state index contributed by atoms with van der Waals surface area (Å²) in [6, 6.07) is 12.0. The third-order valence-corrected chi connectivity index (χ3v) is 4.55. The summed E-state index contributed by atoms with van der Waals surface area (Å²) in [4.78, 5) is 7.77. The number of aliphatic imine (C=N–C) groups is 1. The number of aromatic hydroxyl groups is 1. The van der Waals surface area contributed by atoms with Gasteiger partial charge in [0.15, 0.2) is 5.75 Å². The number of hydrogen-bond donors (Lipinski definition) is 1. The number of nitriles is 1. The summed E-state index contributed by atoms with van der Waals surface area (Å²) in [6.07, 6.45) is 1.58. The van der Waals surface area contributed by atoms with Gasteiger partial charge in [-0.1, -0.05) is 59.1 Å². The highest BCUT2D eigenvalue weighted by molar-refractivity contribution is 6.41. The van der Waals surface area contributed by atoms with Crippen molar-refractivity contribution in [3.8, 4) is 11.8 Å². The Morgan fingerprint density at radius 2 is 1.73 bits per heavy atom. The molecular formula is C19H8Cl3N3O. The predicted molar refractivity (Wildman–Crippen MR) is 104 cm³/mol. The Morgan fingerprint density at radius 1 is 1.12 bits per heavy atom. The molecule has 4 nitrogen and oxygen atoms in total. The second-order valence-corrected chi connectivity index (χ2v) is 6.46. The topological polar surface area (TPSA) is 60.7 Å².